The van der Waals surface area contributed by atoms with Crippen molar-refractivity contribution in [3.63, 3.8) is 0 Å². The normalized spacial score (nSPS) is 12.4. The summed E-state index contributed by atoms with van der Waals surface area (Å²) in [5.74, 6) is 0. The van der Waals surface area contributed by atoms with Gasteiger partial charge in [-0.2, -0.15) is 0 Å². The lowest BCUT2D eigenvalue weighted by Crippen LogP contribution is -1.91. The fourth-order valence-corrected chi connectivity index (χ4v) is 4.09. The van der Waals surface area contributed by atoms with Gasteiger partial charge in [0.2, 0.25) is 0 Å². The minimum atomic E-state index is 0.993. The van der Waals surface area contributed by atoms with Crippen molar-refractivity contribution in [2.45, 2.75) is 6.42 Å². The highest BCUT2D eigenvalue weighted by Crippen LogP contribution is 2.40. The number of rotatable bonds is 4. The van der Waals surface area contributed by atoms with Crippen LogP contribution in [-0.2, 0) is 6.42 Å². The molecule has 0 bridgehead atoms. The van der Waals surface area contributed by atoms with Crippen LogP contribution in [0.3, 0.4) is 0 Å². The molecular formula is C29H22. The van der Waals surface area contributed by atoms with E-state index in [1.807, 2.05) is 0 Å². The molecule has 0 radical (unpaired) electrons. The average Bonchev–Trinajstić information content (AvgIpc) is 3.17. The summed E-state index contributed by atoms with van der Waals surface area (Å²) in [5.41, 5.74) is 10.6. The molecule has 0 heterocycles. The Morgan fingerprint density at radius 3 is 1.83 bits per heavy atom. The Labute approximate surface area is 172 Å². The van der Waals surface area contributed by atoms with E-state index in [4.69, 9.17) is 0 Å². The van der Waals surface area contributed by atoms with Crippen molar-refractivity contribution >= 4 is 24.3 Å². The second-order valence-corrected chi connectivity index (χ2v) is 7.42. The van der Waals surface area contributed by atoms with Gasteiger partial charge in [0, 0.05) is 0 Å². The summed E-state index contributed by atoms with van der Waals surface area (Å²) in [5, 5.41) is 0. The van der Waals surface area contributed by atoms with Gasteiger partial charge in [-0.3, -0.25) is 0 Å². The first-order valence-corrected chi connectivity index (χ1v) is 10.1. The molecule has 0 atom stereocenters. The summed E-state index contributed by atoms with van der Waals surface area (Å²) in [6, 6.07) is 34.3. The van der Waals surface area contributed by atoms with Gasteiger partial charge < -0.3 is 0 Å². The molecule has 0 aliphatic heterocycles. The van der Waals surface area contributed by atoms with Crippen molar-refractivity contribution in [3.05, 3.63) is 130 Å². The predicted octanol–water partition coefficient (Wildman–Crippen LogP) is 7.60. The zero-order valence-electron chi connectivity index (χ0n) is 16.3. The van der Waals surface area contributed by atoms with E-state index in [0.29, 0.717) is 0 Å². The summed E-state index contributed by atoms with van der Waals surface area (Å²) < 4.78 is 0. The van der Waals surface area contributed by atoms with Gasteiger partial charge in [-0.1, -0.05) is 121 Å². The van der Waals surface area contributed by atoms with Gasteiger partial charge in [-0.25, -0.2) is 0 Å². The van der Waals surface area contributed by atoms with Gasteiger partial charge in [0.15, 0.2) is 0 Å². The summed E-state index contributed by atoms with van der Waals surface area (Å²) in [6.45, 7) is 0. The number of hydrogen-bond donors (Lipinski definition) is 0. The average molecular weight is 370 g/mol. The molecule has 0 heteroatoms. The van der Waals surface area contributed by atoms with E-state index < -0.39 is 0 Å². The van der Waals surface area contributed by atoms with Crippen LogP contribution in [0.4, 0.5) is 0 Å². The van der Waals surface area contributed by atoms with E-state index in [1.165, 1.54) is 44.5 Å². The van der Waals surface area contributed by atoms with Crippen molar-refractivity contribution in [2.24, 2.45) is 0 Å². The molecule has 0 aromatic heterocycles. The van der Waals surface area contributed by atoms with Gasteiger partial charge in [-0.05, 0) is 50.9 Å². The van der Waals surface area contributed by atoms with Gasteiger partial charge in [0.25, 0.3) is 0 Å². The van der Waals surface area contributed by atoms with E-state index >= 15 is 0 Å². The fraction of sp³-hybridized carbons (Fsp3) is 0.0345. The third-order valence-corrected chi connectivity index (χ3v) is 5.56. The molecule has 1 aliphatic carbocycles. The maximum absolute atomic E-state index is 2.28. The SMILES string of the molecule is C(=Cc1ccc2c(c1C=Cc1ccccc1)Cc1ccccc1-2)c1ccccc1. The maximum Gasteiger partial charge on any atom is -0.000729 e. The van der Waals surface area contributed by atoms with Crippen LogP contribution in [0.1, 0.15) is 33.4 Å². The highest BCUT2D eigenvalue weighted by atomic mass is 14.2. The lowest BCUT2D eigenvalue weighted by atomic mass is 9.94. The summed E-state index contributed by atoms with van der Waals surface area (Å²) in [7, 11) is 0. The van der Waals surface area contributed by atoms with Crippen LogP contribution in [0, 0.1) is 0 Å². The molecule has 4 aromatic carbocycles. The molecule has 0 saturated heterocycles. The minimum absolute atomic E-state index is 0.993. The quantitative estimate of drug-likeness (QED) is 0.286. The Morgan fingerprint density at radius 2 is 1.10 bits per heavy atom. The molecule has 4 aromatic rings. The Morgan fingerprint density at radius 1 is 0.483 bits per heavy atom. The van der Waals surface area contributed by atoms with Crippen molar-refractivity contribution in [1.29, 1.82) is 0 Å². The topological polar surface area (TPSA) is 0 Å². The van der Waals surface area contributed by atoms with E-state index in [0.717, 1.165) is 6.42 Å². The van der Waals surface area contributed by atoms with E-state index in [1.54, 1.807) is 0 Å². The maximum atomic E-state index is 2.28. The van der Waals surface area contributed by atoms with E-state index in [9.17, 15) is 0 Å². The van der Waals surface area contributed by atoms with Crippen molar-refractivity contribution in [2.75, 3.05) is 0 Å². The van der Waals surface area contributed by atoms with Gasteiger partial charge in [0.1, 0.15) is 0 Å². The van der Waals surface area contributed by atoms with Crippen molar-refractivity contribution < 1.29 is 0 Å². The Balaban J connectivity index is 1.60. The highest BCUT2D eigenvalue weighted by Gasteiger charge is 2.21. The van der Waals surface area contributed by atoms with Crippen LogP contribution < -0.4 is 0 Å². The molecule has 29 heavy (non-hydrogen) atoms. The second-order valence-electron chi connectivity index (χ2n) is 7.42. The zero-order chi connectivity index (χ0) is 19.5. The standard InChI is InChI=1S/C29H22/c1-3-9-22(10-4-1)15-17-24-18-20-28-26-14-8-7-13-25(26)21-29(28)27(24)19-16-23-11-5-2-6-12-23/h1-20H,21H2. The Bertz CT molecular complexity index is 1200. The van der Waals surface area contributed by atoms with Crippen molar-refractivity contribution in [1.82, 2.24) is 0 Å². The lowest BCUT2D eigenvalue weighted by Gasteiger charge is -2.10. The molecule has 0 nitrogen and oxygen atoms in total. The third-order valence-electron chi connectivity index (χ3n) is 5.56. The highest BCUT2D eigenvalue weighted by molar-refractivity contribution is 5.88. The lowest BCUT2D eigenvalue weighted by molar-refractivity contribution is 1.25. The molecule has 0 amide bonds. The summed E-state index contributed by atoms with van der Waals surface area (Å²) in [6.07, 6.45) is 9.93. The molecule has 0 saturated carbocycles. The van der Waals surface area contributed by atoms with Crippen LogP contribution in [-0.4, -0.2) is 0 Å². The second kappa shape index (κ2) is 7.77. The molecule has 5 rings (SSSR count). The largest absolute Gasteiger partial charge is 0.0622 e. The van der Waals surface area contributed by atoms with Crippen LogP contribution in [0.25, 0.3) is 35.4 Å². The first kappa shape index (κ1) is 17.5. The van der Waals surface area contributed by atoms with Gasteiger partial charge >= 0.3 is 0 Å². The molecule has 0 spiro atoms. The van der Waals surface area contributed by atoms with Crippen LogP contribution in [0.15, 0.2) is 97.1 Å². The fourth-order valence-electron chi connectivity index (χ4n) is 4.09. The smallest absolute Gasteiger partial charge is 0.000729 e. The predicted molar refractivity (Wildman–Crippen MR) is 125 cm³/mol. The Hall–Kier alpha value is -3.64. The third kappa shape index (κ3) is 3.58. The number of benzene rings is 4. The monoisotopic (exact) mass is 370 g/mol. The molecule has 0 unspecified atom stereocenters. The van der Waals surface area contributed by atoms with Crippen LogP contribution >= 0.6 is 0 Å². The van der Waals surface area contributed by atoms with Gasteiger partial charge in [-0.15, -0.1) is 0 Å². The van der Waals surface area contributed by atoms with E-state index in [2.05, 4.69) is 121 Å². The van der Waals surface area contributed by atoms with Gasteiger partial charge in [0.05, 0.1) is 0 Å². The molecule has 1 aliphatic rings. The molecule has 0 fully saturated rings. The summed E-state index contributed by atoms with van der Waals surface area (Å²) in [4.78, 5) is 0. The zero-order valence-corrected chi connectivity index (χ0v) is 16.3. The summed E-state index contributed by atoms with van der Waals surface area (Å²) >= 11 is 0. The first-order valence-electron chi connectivity index (χ1n) is 10.1. The number of fused-ring (bicyclic) bond motifs is 3. The van der Waals surface area contributed by atoms with E-state index in [-0.39, 0.29) is 0 Å². The minimum Gasteiger partial charge on any atom is -0.0622 e. The van der Waals surface area contributed by atoms with Crippen molar-refractivity contribution in [3.8, 4) is 11.1 Å². The number of hydrogen-bond acceptors (Lipinski definition) is 0. The van der Waals surface area contributed by atoms with Crippen LogP contribution in [0.5, 0.6) is 0 Å². The molecule has 138 valence electrons. The Kier molecular flexibility index (Phi) is 4.68. The van der Waals surface area contributed by atoms with Crippen LogP contribution in [0.2, 0.25) is 0 Å². The first-order chi connectivity index (χ1) is 14.4. The molecular weight excluding hydrogens is 348 g/mol. The molecule has 0 N–H and O–H groups in total.